The molecule has 2 rings (SSSR count). The number of carboxylic acids is 1. The average Bonchev–Trinajstić information content (AvgIpc) is 2.61. The molecular formula is C11H8FNO3. The third kappa shape index (κ3) is 1.79. The second-order valence-corrected chi connectivity index (χ2v) is 3.39. The van der Waals surface area contributed by atoms with E-state index in [1.54, 1.807) is 0 Å². The molecule has 1 aliphatic heterocycles. The van der Waals surface area contributed by atoms with Crippen LogP contribution < -0.4 is 5.32 Å². The van der Waals surface area contributed by atoms with Gasteiger partial charge in [0.2, 0.25) is 5.91 Å². The van der Waals surface area contributed by atoms with Gasteiger partial charge in [0, 0.05) is 0 Å². The Morgan fingerprint density at radius 1 is 1.31 bits per heavy atom. The molecule has 1 heterocycles. The van der Waals surface area contributed by atoms with Gasteiger partial charge in [0.25, 0.3) is 0 Å². The lowest BCUT2D eigenvalue weighted by Crippen LogP contribution is -2.20. The van der Waals surface area contributed by atoms with Crippen LogP contribution in [0.15, 0.2) is 30.0 Å². The molecule has 2 N–H and O–H groups in total. The number of benzene rings is 1. The molecule has 1 aromatic rings. The fourth-order valence-electron chi connectivity index (χ4n) is 1.59. The van der Waals surface area contributed by atoms with Crippen molar-refractivity contribution in [1.29, 1.82) is 0 Å². The Kier molecular flexibility index (Phi) is 2.44. The summed E-state index contributed by atoms with van der Waals surface area (Å²) in [6.45, 7) is 0. The Hall–Kier alpha value is -2.17. The number of aliphatic carboxylic acids is 1. The predicted molar refractivity (Wildman–Crippen MR) is 53.7 cm³/mol. The zero-order valence-corrected chi connectivity index (χ0v) is 8.16. The molecule has 0 bridgehead atoms. The van der Waals surface area contributed by atoms with E-state index in [-0.39, 0.29) is 18.0 Å². The van der Waals surface area contributed by atoms with Crippen LogP contribution in [0.25, 0.3) is 5.57 Å². The minimum atomic E-state index is -1.19. The summed E-state index contributed by atoms with van der Waals surface area (Å²) >= 11 is 0. The number of hydrogen-bond acceptors (Lipinski definition) is 2. The molecule has 1 aliphatic rings. The van der Waals surface area contributed by atoms with Crippen LogP contribution >= 0.6 is 0 Å². The van der Waals surface area contributed by atoms with E-state index in [0.29, 0.717) is 11.1 Å². The Labute approximate surface area is 90.4 Å². The van der Waals surface area contributed by atoms with E-state index in [2.05, 4.69) is 5.32 Å². The molecule has 0 fully saturated rings. The van der Waals surface area contributed by atoms with Crippen molar-refractivity contribution in [2.45, 2.75) is 6.42 Å². The summed E-state index contributed by atoms with van der Waals surface area (Å²) in [6.07, 6.45) is 0.00721. The van der Waals surface area contributed by atoms with Gasteiger partial charge in [-0.1, -0.05) is 12.1 Å². The average molecular weight is 221 g/mol. The summed E-state index contributed by atoms with van der Waals surface area (Å²) in [5.41, 5.74) is 0.797. The van der Waals surface area contributed by atoms with Gasteiger partial charge in [-0.05, 0) is 23.3 Å². The number of halogens is 1. The van der Waals surface area contributed by atoms with Crippen LogP contribution in [0.3, 0.4) is 0 Å². The number of carboxylic acid groups (broad SMARTS) is 1. The highest BCUT2D eigenvalue weighted by Gasteiger charge is 2.26. The lowest BCUT2D eigenvalue weighted by molar-refractivity contribution is -0.134. The number of hydrogen-bond donors (Lipinski definition) is 2. The van der Waals surface area contributed by atoms with Gasteiger partial charge in [-0.2, -0.15) is 0 Å². The predicted octanol–water partition coefficient (Wildman–Crippen LogP) is 1.14. The van der Waals surface area contributed by atoms with Crippen LogP contribution in [0.5, 0.6) is 0 Å². The first kappa shape index (κ1) is 10.4. The third-order valence-electron chi connectivity index (χ3n) is 2.31. The maximum Gasteiger partial charge on any atom is 0.352 e. The van der Waals surface area contributed by atoms with Crippen molar-refractivity contribution in [2.75, 3.05) is 0 Å². The number of carbonyl (C=O) groups is 2. The standard InChI is InChI=1S/C11H8FNO3/c12-7-3-1-6(2-4-7)8-5-9(14)13-10(8)11(15)16/h1-4H,5H2,(H,13,14)(H,15,16). The van der Waals surface area contributed by atoms with Crippen molar-refractivity contribution in [2.24, 2.45) is 0 Å². The molecule has 5 heteroatoms. The monoisotopic (exact) mass is 221 g/mol. The Morgan fingerprint density at radius 3 is 2.50 bits per heavy atom. The van der Waals surface area contributed by atoms with Crippen LogP contribution in [-0.4, -0.2) is 17.0 Å². The highest BCUT2D eigenvalue weighted by molar-refractivity contribution is 6.08. The molecule has 0 unspecified atom stereocenters. The van der Waals surface area contributed by atoms with Gasteiger partial charge < -0.3 is 10.4 Å². The lowest BCUT2D eigenvalue weighted by Gasteiger charge is -2.02. The van der Waals surface area contributed by atoms with Crippen molar-refractivity contribution >= 4 is 17.4 Å². The smallest absolute Gasteiger partial charge is 0.352 e. The molecule has 0 saturated heterocycles. The summed E-state index contributed by atoms with van der Waals surface area (Å²) in [7, 11) is 0. The van der Waals surface area contributed by atoms with E-state index in [1.807, 2.05) is 0 Å². The fourth-order valence-corrected chi connectivity index (χ4v) is 1.59. The maximum absolute atomic E-state index is 12.7. The van der Waals surface area contributed by atoms with Crippen molar-refractivity contribution < 1.29 is 19.1 Å². The van der Waals surface area contributed by atoms with Gasteiger partial charge in [-0.15, -0.1) is 0 Å². The quantitative estimate of drug-likeness (QED) is 0.787. The van der Waals surface area contributed by atoms with E-state index in [4.69, 9.17) is 5.11 Å². The summed E-state index contributed by atoms with van der Waals surface area (Å²) in [5.74, 6) is -1.96. The first-order valence-corrected chi connectivity index (χ1v) is 4.60. The summed E-state index contributed by atoms with van der Waals surface area (Å²) in [5, 5.41) is 11.1. The van der Waals surface area contributed by atoms with Crippen LogP contribution in [0.4, 0.5) is 4.39 Å². The molecule has 0 saturated carbocycles. The lowest BCUT2D eigenvalue weighted by atomic mass is 10.0. The normalized spacial score (nSPS) is 15.2. The SMILES string of the molecule is O=C1CC(c2ccc(F)cc2)=C(C(=O)O)N1. The van der Waals surface area contributed by atoms with E-state index < -0.39 is 11.8 Å². The van der Waals surface area contributed by atoms with Crippen molar-refractivity contribution in [1.82, 2.24) is 5.32 Å². The van der Waals surface area contributed by atoms with Crippen LogP contribution in [-0.2, 0) is 9.59 Å². The van der Waals surface area contributed by atoms with Gasteiger partial charge in [-0.3, -0.25) is 4.79 Å². The Morgan fingerprint density at radius 2 is 1.94 bits per heavy atom. The Bertz CT molecular complexity index is 490. The summed E-state index contributed by atoms with van der Waals surface area (Å²) < 4.78 is 12.7. The zero-order valence-electron chi connectivity index (χ0n) is 8.16. The highest BCUT2D eigenvalue weighted by atomic mass is 19.1. The number of amides is 1. The number of carbonyl (C=O) groups excluding carboxylic acids is 1. The van der Waals surface area contributed by atoms with Crippen molar-refractivity contribution in [3.8, 4) is 0 Å². The number of rotatable bonds is 2. The first-order chi connectivity index (χ1) is 7.58. The minimum absolute atomic E-state index is 0.00721. The summed E-state index contributed by atoms with van der Waals surface area (Å²) in [6, 6.07) is 5.36. The molecular weight excluding hydrogens is 213 g/mol. The molecule has 0 atom stereocenters. The third-order valence-corrected chi connectivity index (χ3v) is 2.31. The minimum Gasteiger partial charge on any atom is -0.477 e. The topological polar surface area (TPSA) is 66.4 Å². The molecule has 16 heavy (non-hydrogen) atoms. The van der Waals surface area contributed by atoms with E-state index >= 15 is 0 Å². The molecule has 0 aromatic heterocycles. The van der Waals surface area contributed by atoms with Crippen LogP contribution in [0.1, 0.15) is 12.0 Å². The molecule has 82 valence electrons. The molecule has 0 aliphatic carbocycles. The van der Waals surface area contributed by atoms with Crippen LogP contribution in [0, 0.1) is 5.82 Å². The van der Waals surface area contributed by atoms with Crippen LogP contribution in [0.2, 0.25) is 0 Å². The summed E-state index contributed by atoms with van der Waals surface area (Å²) in [4.78, 5) is 22.0. The highest BCUT2D eigenvalue weighted by Crippen LogP contribution is 2.26. The van der Waals surface area contributed by atoms with Gasteiger partial charge >= 0.3 is 5.97 Å². The Balaban J connectivity index is 2.45. The van der Waals surface area contributed by atoms with Crippen molar-refractivity contribution in [3.63, 3.8) is 0 Å². The second-order valence-electron chi connectivity index (χ2n) is 3.39. The first-order valence-electron chi connectivity index (χ1n) is 4.60. The number of nitrogens with one attached hydrogen (secondary N) is 1. The van der Waals surface area contributed by atoms with Gasteiger partial charge in [0.1, 0.15) is 11.5 Å². The largest absolute Gasteiger partial charge is 0.477 e. The zero-order chi connectivity index (χ0) is 11.7. The molecule has 0 radical (unpaired) electrons. The fraction of sp³-hybridized carbons (Fsp3) is 0.0909. The van der Waals surface area contributed by atoms with Crippen molar-refractivity contribution in [3.05, 3.63) is 41.3 Å². The van der Waals surface area contributed by atoms with E-state index in [9.17, 15) is 14.0 Å². The van der Waals surface area contributed by atoms with E-state index in [1.165, 1.54) is 24.3 Å². The molecule has 1 aromatic carbocycles. The second kappa shape index (κ2) is 3.77. The molecule has 0 spiro atoms. The van der Waals surface area contributed by atoms with Gasteiger partial charge in [0.05, 0.1) is 6.42 Å². The molecule has 4 nitrogen and oxygen atoms in total. The van der Waals surface area contributed by atoms with Gasteiger partial charge in [0.15, 0.2) is 0 Å². The van der Waals surface area contributed by atoms with Gasteiger partial charge in [-0.25, -0.2) is 9.18 Å². The molecule has 1 amide bonds. The van der Waals surface area contributed by atoms with E-state index in [0.717, 1.165) is 0 Å². The maximum atomic E-state index is 12.7.